The van der Waals surface area contributed by atoms with Crippen LogP contribution in [-0.2, 0) is 9.05 Å². The Hall–Kier alpha value is -0.780. The average molecular weight is 262 g/mol. The molecule has 0 radical (unpaired) electrons. The van der Waals surface area contributed by atoms with Crippen LogP contribution in [0.15, 0.2) is 29.2 Å². The molecule has 1 heterocycles. The fourth-order valence-electron chi connectivity index (χ4n) is 1.81. The Morgan fingerprint density at radius 2 is 2.19 bits per heavy atom. The molecule has 1 aromatic rings. The Morgan fingerprint density at radius 1 is 1.44 bits per heavy atom. The van der Waals surface area contributed by atoms with Gasteiger partial charge in [0, 0.05) is 29.5 Å². The molecule has 1 N–H and O–H groups in total. The molecule has 1 aliphatic heterocycles. The van der Waals surface area contributed by atoms with E-state index < -0.39 is 9.05 Å². The molecule has 0 aliphatic carbocycles. The molecular formula is C10H12ClNO3S. The summed E-state index contributed by atoms with van der Waals surface area (Å²) in [5.74, 6) is 0. The van der Waals surface area contributed by atoms with E-state index in [9.17, 15) is 13.5 Å². The van der Waals surface area contributed by atoms with Crippen molar-refractivity contribution in [1.82, 2.24) is 0 Å². The number of aliphatic hydroxyl groups is 1. The predicted octanol–water partition coefficient (Wildman–Crippen LogP) is 1.19. The van der Waals surface area contributed by atoms with E-state index in [-0.39, 0.29) is 11.0 Å². The fourth-order valence-corrected chi connectivity index (χ4v) is 2.60. The van der Waals surface area contributed by atoms with Crippen LogP contribution >= 0.6 is 10.7 Å². The van der Waals surface area contributed by atoms with Crippen molar-refractivity contribution in [2.24, 2.45) is 0 Å². The van der Waals surface area contributed by atoms with Crippen LogP contribution in [0.5, 0.6) is 0 Å². The number of benzene rings is 1. The van der Waals surface area contributed by atoms with Crippen LogP contribution in [0.4, 0.5) is 5.69 Å². The Bertz CT molecular complexity index is 489. The van der Waals surface area contributed by atoms with Gasteiger partial charge in [0.2, 0.25) is 0 Å². The van der Waals surface area contributed by atoms with Crippen molar-refractivity contribution in [3.63, 3.8) is 0 Å². The van der Waals surface area contributed by atoms with Gasteiger partial charge in [-0.1, -0.05) is 6.07 Å². The summed E-state index contributed by atoms with van der Waals surface area (Å²) in [5, 5.41) is 9.40. The van der Waals surface area contributed by atoms with E-state index in [0.29, 0.717) is 13.0 Å². The summed E-state index contributed by atoms with van der Waals surface area (Å²) >= 11 is 0. The lowest BCUT2D eigenvalue weighted by Gasteiger charge is -2.18. The lowest BCUT2D eigenvalue weighted by molar-refractivity contribution is 0.198. The lowest BCUT2D eigenvalue weighted by atomic mass is 10.3. The quantitative estimate of drug-likeness (QED) is 0.813. The SMILES string of the molecule is O=S(=O)(Cl)c1cccc(N2CCC(O)C2)c1. The number of β-amino-alcohol motifs (C(OH)–C–C–N with tert-alkyl or cyclic N) is 1. The first-order chi connectivity index (χ1) is 7.47. The topological polar surface area (TPSA) is 57.6 Å². The second kappa shape index (κ2) is 4.24. The zero-order valence-corrected chi connectivity index (χ0v) is 10.1. The maximum absolute atomic E-state index is 11.2. The molecule has 0 amide bonds. The number of aliphatic hydroxyl groups excluding tert-OH is 1. The number of hydrogen-bond acceptors (Lipinski definition) is 4. The number of anilines is 1. The molecule has 0 aromatic heterocycles. The van der Waals surface area contributed by atoms with Gasteiger partial charge in [0.15, 0.2) is 0 Å². The molecule has 1 aromatic carbocycles. The molecular weight excluding hydrogens is 250 g/mol. The molecule has 0 bridgehead atoms. The Labute approximate surface area is 98.9 Å². The molecule has 0 saturated carbocycles. The first-order valence-corrected chi connectivity index (χ1v) is 7.25. The third-order valence-electron chi connectivity index (χ3n) is 2.63. The van der Waals surface area contributed by atoms with E-state index in [2.05, 4.69) is 0 Å². The van der Waals surface area contributed by atoms with Gasteiger partial charge >= 0.3 is 0 Å². The molecule has 1 atom stereocenters. The second-order valence-electron chi connectivity index (χ2n) is 3.82. The zero-order valence-electron chi connectivity index (χ0n) is 8.51. The van der Waals surface area contributed by atoms with Crippen molar-refractivity contribution in [2.45, 2.75) is 17.4 Å². The second-order valence-corrected chi connectivity index (χ2v) is 6.39. The van der Waals surface area contributed by atoms with Crippen molar-refractivity contribution < 1.29 is 13.5 Å². The van der Waals surface area contributed by atoms with Crippen molar-refractivity contribution in [1.29, 1.82) is 0 Å². The first kappa shape index (κ1) is 11.7. The van der Waals surface area contributed by atoms with Crippen LogP contribution in [0.1, 0.15) is 6.42 Å². The van der Waals surface area contributed by atoms with E-state index in [1.807, 2.05) is 11.0 Å². The maximum atomic E-state index is 11.2. The zero-order chi connectivity index (χ0) is 11.8. The van der Waals surface area contributed by atoms with E-state index in [0.717, 1.165) is 12.2 Å². The van der Waals surface area contributed by atoms with Gasteiger partial charge in [-0.2, -0.15) is 0 Å². The van der Waals surface area contributed by atoms with Crippen molar-refractivity contribution in [3.05, 3.63) is 24.3 Å². The molecule has 1 fully saturated rings. The fraction of sp³-hybridized carbons (Fsp3) is 0.400. The van der Waals surface area contributed by atoms with E-state index in [1.54, 1.807) is 6.07 Å². The molecule has 6 heteroatoms. The summed E-state index contributed by atoms with van der Waals surface area (Å²) in [6.45, 7) is 1.26. The van der Waals surface area contributed by atoms with Gasteiger partial charge in [0.25, 0.3) is 9.05 Å². The van der Waals surface area contributed by atoms with Gasteiger partial charge in [-0.3, -0.25) is 0 Å². The van der Waals surface area contributed by atoms with Gasteiger partial charge in [-0.15, -0.1) is 0 Å². The molecule has 88 valence electrons. The molecule has 0 spiro atoms. The average Bonchev–Trinajstić information content (AvgIpc) is 2.64. The van der Waals surface area contributed by atoms with Crippen LogP contribution in [0, 0.1) is 0 Å². The van der Waals surface area contributed by atoms with Crippen LogP contribution < -0.4 is 4.90 Å². The Morgan fingerprint density at radius 3 is 2.75 bits per heavy atom. The molecule has 4 nitrogen and oxygen atoms in total. The summed E-state index contributed by atoms with van der Waals surface area (Å²) < 4.78 is 22.3. The third-order valence-corrected chi connectivity index (χ3v) is 3.98. The third kappa shape index (κ3) is 2.48. The Kier molecular flexibility index (Phi) is 3.10. The maximum Gasteiger partial charge on any atom is 0.261 e. The minimum atomic E-state index is -3.69. The smallest absolute Gasteiger partial charge is 0.261 e. The Balaban J connectivity index is 2.30. The van der Waals surface area contributed by atoms with E-state index in [4.69, 9.17) is 10.7 Å². The highest BCUT2D eigenvalue weighted by molar-refractivity contribution is 8.13. The van der Waals surface area contributed by atoms with Crippen molar-refractivity contribution in [2.75, 3.05) is 18.0 Å². The highest BCUT2D eigenvalue weighted by Crippen LogP contribution is 2.24. The van der Waals surface area contributed by atoms with Gasteiger partial charge in [-0.05, 0) is 24.6 Å². The van der Waals surface area contributed by atoms with Crippen molar-refractivity contribution >= 4 is 25.4 Å². The number of hydrogen-bond donors (Lipinski definition) is 1. The van der Waals surface area contributed by atoms with Crippen LogP contribution in [0.3, 0.4) is 0 Å². The van der Waals surface area contributed by atoms with Crippen LogP contribution in [-0.4, -0.2) is 32.7 Å². The summed E-state index contributed by atoms with van der Waals surface area (Å²) in [6, 6.07) is 6.44. The highest BCUT2D eigenvalue weighted by Gasteiger charge is 2.21. The van der Waals surface area contributed by atoms with Crippen LogP contribution in [0.2, 0.25) is 0 Å². The van der Waals surface area contributed by atoms with Gasteiger partial charge in [0.1, 0.15) is 0 Å². The van der Waals surface area contributed by atoms with E-state index >= 15 is 0 Å². The normalized spacial score (nSPS) is 21.4. The number of rotatable bonds is 2. The van der Waals surface area contributed by atoms with E-state index in [1.165, 1.54) is 12.1 Å². The highest BCUT2D eigenvalue weighted by atomic mass is 35.7. The first-order valence-electron chi connectivity index (χ1n) is 4.94. The number of halogens is 1. The van der Waals surface area contributed by atoms with Gasteiger partial charge in [0.05, 0.1) is 11.0 Å². The predicted molar refractivity (Wildman–Crippen MR) is 62.3 cm³/mol. The molecule has 16 heavy (non-hydrogen) atoms. The molecule has 2 rings (SSSR count). The molecule has 1 aliphatic rings. The summed E-state index contributed by atoms with van der Waals surface area (Å²) in [5.41, 5.74) is 0.776. The van der Waals surface area contributed by atoms with Gasteiger partial charge in [-0.25, -0.2) is 8.42 Å². The molecule has 1 unspecified atom stereocenters. The minimum Gasteiger partial charge on any atom is -0.391 e. The summed E-state index contributed by atoms with van der Waals surface area (Å²) in [4.78, 5) is 2.03. The monoisotopic (exact) mass is 261 g/mol. The van der Waals surface area contributed by atoms with Gasteiger partial charge < -0.3 is 10.0 Å². The summed E-state index contributed by atoms with van der Waals surface area (Å²) in [6.07, 6.45) is 0.369. The molecule has 1 saturated heterocycles. The largest absolute Gasteiger partial charge is 0.391 e. The number of nitrogens with zero attached hydrogens (tertiary/aromatic N) is 1. The standard InChI is InChI=1S/C10H12ClNO3S/c11-16(14,15)10-3-1-2-8(6-10)12-5-4-9(13)7-12/h1-3,6,9,13H,4-5,7H2. The minimum absolute atomic E-state index is 0.0908. The van der Waals surface area contributed by atoms with Crippen molar-refractivity contribution in [3.8, 4) is 0 Å². The summed E-state index contributed by atoms with van der Waals surface area (Å²) in [7, 11) is 1.58. The van der Waals surface area contributed by atoms with Crippen LogP contribution in [0.25, 0.3) is 0 Å². The lowest BCUT2D eigenvalue weighted by Crippen LogP contribution is -2.21.